The molecule has 1 saturated heterocycles. The summed E-state index contributed by atoms with van der Waals surface area (Å²) in [7, 11) is 0. The van der Waals surface area contributed by atoms with E-state index >= 15 is 0 Å². The summed E-state index contributed by atoms with van der Waals surface area (Å²) < 4.78 is 5.12. The molecular weight excluding hydrogens is 400 g/mol. The molecule has 0 atom stereocenters. The third-order valence-corrected chi connectivity index (χ3v) is 4.78. The number of piperidine rings is 1. The Labute approximate surface area is 182 Å². The van der Waals surface area contributed by atoms with E-state index in [9.17, 15) is 19.2 Å². The molecule has 2 rings (SSSR count). The molecule has 1 aromatic carbocycles. The molecule has 170 valence electrons. The minimum absolute atomic E-state index is 0.0820. The Morgan fingerprint density at radius 2 is 1.61 bits per heavy atom. The van der Waals surface area contributed by atoms with Crippen LogP contribution in [-0.2, 0) is 14.3 Å². The van der Waals surface area contributed by atoms with Gasteiger partial charge in [0.2, 0.25) is 11.8 Å². The van der Waals surface area contributed by atoms with E-state index in [0.717, 1.165) is 12.8 Å². The lowest BCUT2D eigenvalue weighted by atomic mass is 9.96. The van der Waals surface area contributed by atoms with Gasteiger partial charge in [0, 0.05) is 25.2 Å². The molecule has 1 heterocycles. The van der Waals surface area contributed by atoms with E-state index in [0.29, 0.717) is 25.2 Å². The lowest BCUT2D eigenvalue weighted by Gasteiger charge is -2.32. The van der Waals surface area contributed by atoms with E-state index in [1.54, 1.807) is 49.9 Å². The van der Waals surface area contributed by atoms with E-state index in [1.165, 1.54) is 0 Å². The average molecular weight is 433 g/mol. The Balaban J connectivity index is 1.61. The molecular formula is C22H32N4O5. The first-order valence-electron chi connectivity index (χ1n) is 10.5. The van der Waals surface area contributed by atoms with Crippen LogP contribution in [0.15, 0.2) is 30.3 Å². The van der Waals surface area contributed by atoms with Crippen LogP contribution in [0, 0.1) is 5.92 Å². The maximum absolute atomic E-state index is 12.3. The predicted octanol–water partition coefficient (Wildman–Crippen LogP) is 1.30. The molecule has 0 aliphatic carbocycles. The fraction of sp³-hybridized carbons (Fsp3) is 0.545. The van der Waals surface area contributed by atoms with Gasteiger partial charge in [0.15, 0.2) is 0 Å². The largest absolute Gasteiger partial charge is 0.444 e. The second kappa shape index (κ2) is 11.3. The number of carbonyl (C=O) groups excluding carboxylic acids is 4. The van der Waals surface area contributed by atoms with Crippen molar-refractivity contribution in [1.29, 1.82) is 0 Å². The van der Waals surface area contributed by atoms with Gasteiger partial charge in [-0.1, -0.05) is 18.2 Å². The maximum atomic E-state index is 12.3. The quantitative estimate of drug-likeness (QED) is 0.600. The van der Waals surface area contributed by atoms with Crippen molar-refractivity contribution in [3.8, 4) is 0 Å². The molecule has 0 unspecified atom stereocenters. The summed E-state index contributed by atoms with van der Waals surface area (Å²) in [6.07, 6.45) is 0.904. The van der Waals surface area contributed by atoms with Crippen molar-refractivity contribution >= 4 is 23.8 Å². The van der Waals surface area contributed by atoms with E-state index in [-0.39, 0.29) is 36.7 Å². The third-order valence-electron chi connectivity index (χ3n) is 4.78. The number of nitrogens with zero attached hydrogens (tertiary/aromatic N) is 1. The molecule has 1 aliphatic rings. The van der Waals surface area contributed by atoms with Gasteiger partial charge >= 0.3 is 6.09 Å². The van der Waals surface area contributed by atoms with Crippen LogP contribution in [0.4, 0.5) is 4.79 Å². The normalized spacial score (nSPS) is 14.5. The monoisotopic (exact) mass is 432 g/mol. The van der Waals surface area contributed by atoms with Crippen molar-refractivity contribution in [2.75, 3.05) is 32.7 Å². The molecule has 0 saturated carbocycles. The summed E-state index contributed by atoms with van der Waals surface area (Å²) in [6, 6.07) is 8.72. The number of nitrogens with one attached hydrogen (secondary N) is 3. The van der Waals surface area contributed by atoms with Gasteiger partial charge < -0.3 is 25.6 Å². The van der Waals surface area contributed by atoms with Gasteiger partial charge in [0.25, 0.3) is 5.91 Å². The molecule has 0 radical (unpaired) electrons. The Kier molecular flexibility index (Phi) is 8.84. The minimum atomic E-state index is -0.613. The van der Waals surface area contributed by atoms with Gasteiger partial charge in [-0.2, -0.15) is 0 Å². The number of hydrogen-bond donors (Lipinski definition) is 3. The molecule has 31 heavy (non-hydrogen) atoms. The molecule has 9 nitrogen and oxygen atoms in total. The molecule has 1 aromatic rings. The molecule has 0 bridgehead atoms. The van der Waals surface area contributed by atoms with E-state index < -0.39 is 11.7 Å². The smallest absolute Gasteiger partial charge is 0.408 e. The third kappa shape index (κ3) is 9.06. The number of benzene rings is 1. The fourth-order valence-corrected chi connectivity index (χ4v) is 3.13. The second-order valence-electron chi connectivity index (χ2n) is 8.53. The zero-order valence-corrected chi connectivity index (χ0v) is 18.4. The molecule has 1 aliphatic heterocycles. The van der Waals surface area contributed by atoms with Crippen molar-refractivity contribution in [3.05, 3.63) is 35.9 Å². The maximum Gasteiger partial charge on any atom is 0.408 e. The van der Waals surface area contributed by atoms with Crippen LogP contribution in [0.5, 0.6) is 0 Å². The van der Waals surface area contributed by atoms with E-state index in [4.69, 9.17) is 4.74 Å². The Morgan fingerprint density at radius 1 is 0.968 bits per heavy atom. The zero-order valence-electron chi connectivity index (χ0n) is 18.4. The first-order chi connectivity index (χ1) is 14.6. The number of ether oxygens (including phenoxy) is 1. The zero-order chi connectivity index (χ0) is 22.9. The van der Waals surface area contributed by atoms with Crippen molar-refractivity contribution in [2.45, 2.75) is 39.2 Å². The molecule has 9 heteroatoms. The minimum Gasteiger partial charge on any atom is -0.444 e. The fourth-order valence-electron chi connectivity index (χ4n) is 3.13. The van der Waals surface area contributed by atoms with Crippen molar-refractivity contribution in [1.82, 2.24) is 20.9 Å². The van der Waals surface area contributed by atoms with Crippen molar-refractivity contribution < 1.29 is 23.9 Å². The first-order valence-corrected chi connectivity index (χ1v) is 10.5. The molecule has 4 amide bonds. The Bertz CT molecular complexity index is 768. The predicted molar refractivity (Wildman–Crippen MR) is 115 cm³/mol. The molecule has 3 N–H and O–H groups in total. The summed E-state index contributed by atoms with van der Waals surface area (Å²) in [4.78, 5) is 49.6. The summed E-state index contributed by atoms with van der Waals surface area (Å²) in [5.41, 5.74) is -0.103. The summed E-state index contributed by atoms with van der Waals surface area (Å²) in [6.45, 7) is 6.73. The highest BCUT2D eigenvalue weighted by atomic mass is 16.6. The van der Waals surface area contributed by atoms with Crippen molar-refractivity contribution in [2.24, 2.45) is 5.92 Å². The highest BCUT2D eigenvalue weighted by Crippen LogP contribution is 2.16. The van der Waals surface area contributed by atoms with Crippen LogP contribution >= 0.6 is 0 Å². The van der Waals surface area contributed by atoms with Gasteiger partial charge in [-0.05, 0) is 51.7 Å². The SMILES string of the molecule is CC(C)(C)OC(=O)NCC(=O)N1CCC(CNC(=O)CNC(=O)c2ccccc2)CC1. The number of rotatable bonds is 7. The summed E-state index contributed by atoms with van der Waals surface area (Å²) in [5.74, 6) is -0.430. The second-order valence-corrected chi connectivity index (χ2v) is 8.53. The van der Waals surface area contributed by atoms with Crippen LogP contribution in [0.2, 0.25) is 0 Å². The molecule has 1 fully saturated rings. The van der Waals surface area contributed by atoms with Gasteiger partial charge in [-0.25, -0.2) is 4.79 Å². The Morgan fingerprint density at radius 3 is 2.23 bits per heavy atom. The standard InChI is InChI=1S/C22H32N4O5/c1-22(2,3)31-21(30)25-15-19(28)26-11-9-16(10-12-26)13-23-18(27)14-24-20(29)17-7-5-4-6-8-17/h4-8,16H,9-15H2,1-3H3,(H,23,27)(H,24,29)(H,25,30). The van der Waals surface area contributed by atoms with Crippen molar-refractivity contribution in [3.63, 3.8) is 0 Å². The van der Waals surface area contributed by atoms with Crippen LogP contribution in [-0.4, -0.2) is 67.0 Å². The lowest BCUT2D eigenvalue weighted by molar-refractivity contribution is -0.131. The summed E-state index contributed by atoms with van der Waals surface area (Å²) in [5, 5.41) is 7.91. The lowest BCUT2D eigenvalue weighted by Crippen LogP contribution is -2.46. The number of likely N-dealkylation sites (tertiary alicyclic amines) is 1. The number of carbonyl (C=O) groups is 4. The van der Waals surface area contributed by atoms with Crippen LogP contribution < -0.4 is 16.0 Å². The van der Waals surface area contributed by atoms with Gasteiger partial charge in [-0.15, -0.1) is 0 Å². The van der Waals surface area contributed by atoms with Gasteiger partial charge in [0.05, 0.1) is 6.54 Å². The number of amides is 4. The number of hydrogen-bond acceptors (Lipinski definition) is 5. The first kappa shape index (κ1) is 24.2. The highest BCUT2D eigenvalue weighted by Gasteiger charge is 2.24. The summed E-state index contributed by atoms with van der Waals surface area (Å²) >= 11 is 0. The average Bonchev–Trinajstić information content (AvgIpc) is 2.74. The number of alkyl carbamates (subject to hydrolysis) is 1. The van der Waals surface area contributed by atoms with Crippen LogP contribution in [0.1, 0.15) is 44.0 Å². The van der Waals surface area contributed by atoms with E-state index in [2.05, 4.69) is 16.0 Å². The van der Waals surface area contributed by atoms with Crippen LogP contribution in [0.25, 0.3) is 0 Å². The van der Waals surface area contributed by atoms with Gasteiger partial charge in [0.1, 0.15) is 12.1 Å². The topological polar surface area (TPSA) is 117 Å². The molecule has 0 spiro atoms. The van der Waals surface area contributed by atoms with Gasteiger partial charge in [-0.3, -0.25) is 14.4 Å². The highest BCUT2D eigenvalue weighted by molar-refractivity contribution is 5.96. The van der Waals surface area contributed by atoms with Crippen LogP contribution in [0.3, 0.4) is 0 Å². The molecule has 0 aromatic heterocycles. The van der Waals surface area contributed by atoms with E-state index in [1.807, 2.05) is 6.07 Å². The Hall–Kier alpha value is -3.10.